The number of unbranched alkanes of at least 4 members (excludes halogenated alkanes) is 5. The summed E-state index contributed by atoms with van der Waals surface area (Å²) in [5.74, 6) is 0.0454. The van der Waals surface area contributed by atoms with Crippen LogP contribution < -0.4 is 5.73 Å². The highest BCUT2D eigenvalue weighted by Crippen LogP contribution is 2.39. The molecule has 3 nitrogen and oxygen atoms in total. The van der Waals surface area contributed by atoms with E-state index < -0.39 is 5.60 Å². The van der Waals surface area contributed by atoms with E-state index in [1.54, 1.807) is 0 Å². The second-order valence-electron chi connectivity index (χ2n) is 6.14. The summed E-state index contributed by atoms with van der Waals surface area (Å²) < 4.78 is 0. The normalized spacial score (nSPS) is 27.3. The Hall–Kier alpha value is -0.410. The molecule has 0 aromatic rings. The Kier molecular flexibility index (Phi) is 7.01. The molecular formula is C16H31NO2. The molecule has 0 amide bonds. The summed E-state index contributed by atoms with van der Waals surface area (Å²) in [6.07, 6.45) is 10.6. The van der Waals surface area contributed by atoms with Gasteiger partial charge in [-0.15, -0.1) is 0 Å². The first-order valence-electron chi connectivity index (χ1n) is 8.08. The summed E-state index contributed by atoms with van der Waals surface area (Å²) in [6.45, 7) is 4.35. The zero-order valence-corrected chi connectivity index (χ0v) is 12.7. The van der Waals surface area contributed by atoms with Crippen molar-refractivity contribution in [1.82, 2.24) is 0 Å². The van der Waals surface area contributed by atoms with Gasteiger partial charge in [0.05, 0.1) is 0 Å². The highest BCUT2D eigenvalue weighted by molar-refractivity contribution is 5.93. The van der Waals surface area contributed by atoms with Crippen LogP contribution in [0.2, 0.25) is 0 Å². The third-order valence-corrected chi connectivity index (χ3v) is 4.34. The molecule has 1 aliphatic carbocycles. The fraction of sp³-hybridized carbons (Fsp3) is 0.938. The van der Waals surface area contributed by atoms with E-state index in [4.69, 9.17) is 5.73 Å². The lowest BCUT2D eigenvalue weighted by Crippen LogP contribution is -2.35. The van der Waals surface area contributed by atoms with E-state index in [1.807, 2.05) is 0 Å². The van der Waals surface area contributed by atoms with Crippen LogP contribution in [0, 0.1) is 5.92 Å². The number of nitrogens with two attached hydrogens (primary N) is 1. The van der Waals surface area contributed by atoms with Gasteiger partial charge in [-0.25, -0.2) is 0 Å². The van der Waals surface area contributed by atoms with E-state index in [2.05, 4.69) is 13.8 Å². The van der Waals surface area contributed by atoms with Crippen LogP contribution in [0.3, 0.4) is 0 Å². The Morgan fingerprint density at radius 1 is 1.16 bits per heavy atom. The maximum absolute atomic E-state index is 12.3. The van der Waals surface area contributed by atoms with Crippen molar-refractivity contribution in [3.63, 3.8) is 0 Å². The monoisotopic (exact) mass is 269 g/mol. The second kappa shape index (κ2) is 8.01. The van der Waals surface area contributed by atoms with Gasteiger partial charge in [0, 0.05) is 18.4 Å². The third kappa shape index (κ3) is 4.88. The number of aliphatic hydroxyl groups is 1. The summed E-state index contributed by atoms with van der Waals surface area (Å²) in [5, 5.41) is 10.1. The van der Waals surface area contributed by atoms with E-state index in [0.29, 0.717) is 6.42 Å². The molecular weight excluding hydrogens is 238 g/mol. The first kappa shape index (κ1) is 16.6. The second-order valence-corrected chi connectivity index (χ2v) is 6.14. The number of hydrogen-bond donors (Lipinski definition) is 2. The smallest absolute Gasteiger partial charge is 0.169 e. The molecule has 0 heterocycles. The van der Waals surface area contributed by atoms with Gasteiger partial charge in [0.15, 0.2) is 5.78 Å². The third-order valence-electron chi connectivity index (χ3n) is 4.34. The molecule has 0 radical (unpaired) electrons. The lowest BCUT2D eigenvalue weighted by molar-refractivity contribution is -0.134. The lowest BCUT2D eigenvalue weighted by atomic mass is 9.88. The molecule has 112 valence electrons. The van der Waals surface area contributed by atoms with Crippen molar-refractivity contribution in [2.45, 2.75) is 89.7 Å². The van der Waals surface area contributed by atoms with Crippen molar-refractivity contribution in [2.75, 3.05) is 0 Å². The average Bonchev–Trinajstić information content (AvgIpc) is 3.01. The van der Waals surface area contributed by atoms with Gasteiger partial charge in [-0.05, 0) is 12.8 Å². The predicted molar refractivity (Wildman–Crippen MR) is 78.9 cm³/mol. The molecule has 1 aliphatic rings. The number of Topliss-reactive ketones (excluding diaryl/α,β-unsaturated/α-hetero) is 1. The van der Waals surface area contributed by atoms with Gasteiger partial charge in [-0.1, -0.05) is 58.8 Å². The standard InChI is InChI=1S/C16H31NO2/c1-3-5-7-8-9-11-13(10-6-4-2)15(18)16(19)12-14(16)17/h13-14,19H,3-12,17H2,1-2H3. The number of rotatable bonds is 11. The van der Waals surface area contributed by atoms with Gasteiger partial charge >= 0.3 is 0 Å². The van der Waals surface area contributed by atoms with Crippen LogP contribution in [-0.4, -0.2) is 22.5 Å². The Morgan fingerprint density at radius 3 is 2.21 bits per heavy atom. The summed E-state index contributed by atoms with van der Waals surface area (Å²) >= 11 is 0. The van der Waals surface area contributed by atoms with Crippen LogP contribution >= 0.6 is 0 Å². The van der Waals surface area contributed by atoms with E-state index in [9.17, 15) is 9.90 Å². The molecule has 3 atom stereocenters. The zero-order chi connectivity index (χ0) is 14.3. The molecule has 0 bridgehead atoms. The van der Waals surface area contributed by atoms with E-state index in [-0.39, 0.29) is 17.7 Å². The van der Waals surface area contributed by atoms with Crippen LogP contribution in [0.1, 0.15) is 78.1 Å². The topological polar surface area (TPSA) is 63.3 Å². The van der Waals surface area contributed by atoms with E-state index in [1.165, 1.54) is 25.7 Å². The fourth-order valence-corrected chi connectivity index (χ4v) is 2.76. The molecule has 1 fully saturated rings. The number of carbonyl (C=O) groups excluding carboxylic acids is 1. The molecule has 3 N–H and O–H groups in total. The molecule has 0 aliphatic heterocycles. The SMILES string of the molecule is CCCCCCCC(CCCC)C(=O)C1(O)CC1N. The molecule has 0 aromatic heterocycles. The fourth-order valence-electron chi connectivity index (χ4n) is 2.76. The zero-order valence-electron chi connectivity index (χ0n) is 12.7. The minimum atomic E-state index is -1.18. The van der Waals surface area contributed by atoms with Crippen molar-refractivity contribution < 1.29 is 9.90 Å². The van der Waals surface area contributed by atoms with Crippen LogP contribution in [0.25, 0.3) is 0 Å². The largest absolute Gasteiger partial charge is 0.380 e. The van der Waals surface area contributed by atoms with Crippen molar-refractivity contribution in [2.24, 2.45) is 11.7 Å². The molecule has 3 heteroatoms. The maximum Gasteiger partial charge on any atom is 0.169 e. The van der Waals surface area contributed by atoms with Crippen LogP contribution in [0.15, 0.2) is 0 Å². The number of hydrogen-bond acceptors (Lipinski definition) is 3. The van der Waals surface area contributed by atoms with Gasteiger partial charge in [0.2, 0.25) is 0 Å². The summed E-state index contributed by atoms with van der Waals surface area (Å²) in [4.78, 5) is 12.3. The Labute approximate surface area is 118 Å². The number of carbonyl (C=O) groups is 1. The minimum absolute atomic E-state index is 0.0175. The van der Waals surface area contributed by atoms with Crippen molar-refractivity contribution >= 4 is 5.78 Å². The van der Waals surface area contributed by atoms with Crippen molar-refractivity contribution in [1.29, 1.82) is 0 Å². The molecule has 1 rings (SSSR count). The molecule has 3 unspecified atom stereocenters. The van der Waals surface area contributed by atoms with E-state index >= 15 is 0 Å². The summed E-state index contributed by atoms with van der Waals surface area (Å²) in [7, 11) is 0. The van der Waals surface area contributed by atoms with Crippen molar-refractivity contribution in [3.05, 3.63) is 0 Å². The Morgan fingerprint density at radius 2 is 1.68 bits per heavy atom. The molecule has 1 saturated carbocycles. The molecule has 0 aromatic carbocycles. The maximum atomic E-state index is 12.3. The van der Waals surface area contributed by atoms with Crippen LogP contribution in [0.4, 0.5) is 0 Å². The van der Waals surface area contributed by atoms with Crippen LogP contribution in [0.5, 0.6) is 0 Å². The molecule has 0 spiro atoms. The Bertz CT molecular complexity index is 280. The molecule has 0 saturated heterocycles. The lowest BCUT2D eigenvalue weighted by Gasteiger charge is -2.19. The average molecular weight is 269 g/mol. The van der Waals surface area contributed by atoms with E-state index in [0.717, 1.165) is 32.1 Å². The predicted octanol–water partition coefficient (Wildman–Crippen LogP) is 3.18. The van der Waals surface area contributed by atoms with Crippen molar-refractivity contribution in [3.8, 4) is 0 Å². The van der Waals surface area contributed by atoms with Gasteiger partial charge in [0.1, 0.15) is 5.60 Å². The van der Waals surface area contributed by atoms with Gasteiger partial charge < -0.3 is 10.8 Å². The molecule has 19 heavy (non-hydrogen) atoms. The Balaban J connectivity index is 2.36. The first-order valence-corrected chi connectivity index (χ1v) is 8.08. The van der Waals surface area contributed by atoms with Gasteiger partial charge in [-0.3, -0.25) is 4.79 Å². The summed E-state index contributed by atoms with van der Waals surface area (Å²) in [5.41, 5.74) is 4.51. The first-order chi connectivity index (χ1) is 9.06. The van der Waals surface area contributed by atoms with Gasteiger partial charge in [-0.2, -0.15) is 0 Å². The number of ketones is 1. The highest BCUT2D eigenvalue weighted by Gasteiger charge is 2.57. The van der Waals surface area contributed by atoms with Gasteiger partial charge in [0.25, 0.3) is 0 Å². The quantitative estimate of drug-likeness (QED) is 0.566. The minimum Gasteiger partial charge on any atom is -0.380 e. The van der Waals surface area contributed by atoms with Crippen LogP contribution in [-0.2, 0) is 4.79 Å². The summed E-state index contributed by atoms with van der Waals surface area (Å²) in [6, 6.07) is -0.316. The highest BCUT2D eigenvalue weighted by atomic mass is 16.3.